The van der Waals surface area contributed by atoms with Crippen LogP contribution in [-0.4, -0.2) is 27.4 Å². The Morgan fingerprint density at radius 1 is 1.06 bits per heavy atom. The summed E-state index contributed by atoms with van der Waals surface area (Å²) >= 11 is 0. The van der Waals surface area contributed by atoms with Crippen molar-refractivity contribution in [1.29, 1.82) is 0 Å². The second-order valence-corrected chi connectivity index (χ2v) is 4.15. The zero-order chi connectivity index (χ0) is 13.4. The van der Waals surface area contributed by atoms with Crippen LogP contribution in [0.25, 0.3) is 0 Å². The first-order valence-electron chi connectivity index (χ1n) is 6.27. The molecule has 0 fully saturated rings. The maximum atomic E-state index is 6.13. The number of hydrogen-bond donors (Lipinski definition) is 1. The summed E-state index contributed by atoms with van der Waals surface area (Å²) in [4.78, 5) is 0. The second-order valence-electron chi connectivity index (χ2n) is 4.15. The van der Waals surface area contributed by atoms with Gasteiger partial charge in [0.1, 0.15) is 11.5 Å². The van der Waals surface area contributed by atoms with Crippen molar-refractivity contribution in [3.63, 3.8) is 0 Å². The van der Waals surface area contributed by atoms with Crippen molar-refractivity contribution < 1.29 is 14.2 Å². The van der Waals surface area contributed by atoms with Gasteiger partial charge in [-0.1, -0.05) is 6.92 Å². The molecule has 0 saturated carbocycles. The maximum absolute atomic E-state index is 6.13. The number of rotatable bonds is 8. The van der Waals surface area contributed by atoms with Crippen LogP contribution >= 0.6 is 0 Å². The Kier molecular flexibility index (Phi) is 6.54. The van der Waals surface area contributed by atoms with E-state index in [-0.39, 0.29) is 6.04 Å². The Hall–Kier alpha value is -1.26. The normalized spacial score (nSPS) is 12.2. The molecule has 0 aliphatic carbocycles. The lowest BCUT2D eigenvalue weighted by Crippen LogP contribution is -2.13. The van der Waals surface area contributed by atoms with Gasteiger partial charge in [0.15, 0.2) is 0 Å². The highest BCUT2D eigenvalue weighted by Crippen LogP contribution is 2.26. The maximum Gasteiger partial charge on any atom is 0.122 e. The molecule has 0 aliphatic heterocycles. The number of hydrogen-bond acceptors (Lipinski definition) is 4. The minimum atomic E-state index is -0.0640. The largest absolute Gasteiger partial charge is 0.497 e. The smallest absolute Gasteiger partial charge is 0.122 e. The lowest BCUT2D eigenvalue weighted by atomic mass is 10.0. The quantitative estimate of drug-likeness (QED) is 0.723. The van der Waals surface area contributed by atoms with E-state index in [1.54, 1.807) is 14.2 Å². The van der Waals surface area contributed by atoms with Crippen molar-refractivity contribution in [1.82, 2.24) is 0 Å². The Morgan fingerprint density at radius 3 is 2.17 bits per heavy atom. The molecule has 0 spiro atoms. The van der Waals surface area contributed by atoms with Crippen LogP contribution < -0.4 is 15.2 Å². The average molecular weight is 253 g/mol. The number of methoxy groups -OCH3 is 2. The van der Waals surface area contributed by atoms with E-state index in [9.17, 15) is 0 Å². The molecule has 1 aromatic rings. The molecule has 102 valence electrons. The first-order valence-corrected chi connectivity index (χ1v) is 6.27. The molecule has 2 N–H and O–H groups in total. The molecule has 1 atom stereocenters. The lowest BCUT2D eigenvalue weighted by Gasteiger charge is -2.14. The van der Waals surface area contributed by atoms with E-state index >= 15 is 0 Å². The lowest BCUT2D eigenvalue weighted by molar-refractivity contribution is 0.127. The van der Waals surface area contributed by atoms with Gasteiger partial charge in [0.2, 0.25) is 0 Å². The highest BCUT2D eigenvalue weighted by molar-refractivity contribution is 5.39. The molecular formula is C14H23NO3. The summed E-state index contributed by atoms with van der Waals surface area (Å²) < 4.78 is 15.9. The SMILES string of the molecule is CCCOCCC(N)c1cc(OC)cc(OC)c1. The molecule has 0 saturated heterocycles. The molecule has 1 aromatic carbocycles. The summed E-state index contributed by atoms with van der Waals surface area (Å²) in [6, 6.07) is 5.65. The van der Waals surface area contributed by atoms with Gasteiger partial charge in [-0.25, -0.2) is 0 Å². The van der Waals surface area contributed by atoms with E-state index < -0.39 is 0 Å². The van der Waals surface area contributed by atoms with Crippen LogP contribution in [0, 0.1) is 0 Å². The molecule has 4 heteroatoms. The Labute approximate surface area is 109 Å². The minimum Gasteiger partial charge on any atom is -0.497 e. The van der Waals surface area contributed by atoms with Crippen LogP contribution in [0.2, 0.25) is 0 Å². The third-order valence-electron chi connectivity index (χ3n) is 2.72. The molecular weight excluding hydrogens is 230 g/mol. The van der Waals surface area contributed by atoms with Crippen molar-refractivity contribution in [3.8, 4) is 11.5 Å². The fraction of sp³-hybridized carbons (Fsp3) is 0.571. The first kappa shape index (κ1) is 14.8. The molecule has 0 heterocycles. The first-order chi connectivity index (χ1) is 8.71. The van der Waals surface area contributed by atoms with Gasteiger partial charge in [-0.15, -0.1) is 0 Å². The summed E-state index contributed by atoms with van der Waals surface area (Å²) in [6.07, 6.45) is 1.82. The summed E-state index contributed by atoms with van der Waals surface area (Å²) in [5.41, 5.74) is 7.14. The average Bonchev–Trinajstić information content (AvgIpc) is 2.42. The van der Waals surface area contributed by atoms with Gasteiger partial charge in [0.05, 0.1) is 14.2 Å². The fourth-order valence-electron chi connectivity index (χ4n) is 1.67. The zero-order valence-electron chi connectivity index (χ0n) is 11.4. The molecule has 0 bridgehead atoms. The number of ether oxygens (including phenoxy) is 3. The summed E-state index contributed by atoms with van der Waals surface area (Å²) in [5.74, 6) is 1.52. The third-order valence-corrected chi connectivity index (χ3v) is 2.72. The van der Waals surface area contributed by atoms with E-state index in [4.69, 9.17) is 19.9 Å². The van der Waals surface area contributed by atoms with Gasteiger partial charge in [-0.3, -0.25) is 0 Å². The van der Waals surface area contributed by atoms with Crippen LogP contribution in [-0.2, 0) is 4.74 Å². The van der Waals surface area contributed by atoms with E-state index in [0.717, 1.165) is 36.5 Å². The monoisotopic (exact) mass is 253 g/mol. The van der Waals surface area contributed by atoms with Crippen molar-refractivity contribution in [2.45, 2.75) is 25.8 Å². The minimum absolute atomic E-state index is 0.0640. The zero-order valence-corrected chi connectivity index (χ0v) is 11.4. The van der Waals surface area contributed by atoms with Crippen molar-refractivity contribution in [3.05, 3.63) is 23.8 Å². The molecule has 1 rings (SSSR count). The highest BCUT2D eigenvalue weighted by Gasteiger charge is 2.09. The predicted molar refractivity (Wildman–Crippen MR) is 72.2 cm³/mol. The molecule has 4 nitrogen and oxygen atoms in total. The standard InChI is InChI=1S/C14H23NO3/c1-4-6-18-7-5-14(15)11-8-12(16-2)10-13(9-11)17-3/h8-10,14H,4-7,15H2,1-3H3. The van der Waals surface area contributed by atoms with Crippen molar-refractivity contribution >= 4 is 0 Å². The van der Waals surface area contributed by atoms with Gasteiger partial charge in [0.25, 0.3) is 0 Å². The topological polar surface area (TPSA) is 53.7 Å². The van der Waals surface area contributed by atoms with Gasteiger partial charge < -0.3 is 19.9 Å². The Morgan fingerprint density at radius 2 is 1.67 bits per heavy atom. The van der Waals surface area contributed by atoms with E-state index in [1.807, 2.05) is 18.2 Å². The molecule has 18 heavy (non-hydrogen) atoms. The van der Waals surface area contributed by atoms with Crippen LogP contribution in [0.4, 0.5) is 0 Å². The van der Waals surface area contributed by atoms with Crippen LogP contribution in [0.15, 0.2) is 18.2 Å². The van der Waals surface area contributed by atoms with E-state index in [2.05, 4.69) is 6.92 Å². The van der Waals surface area contributed by atoms with E-state index in [1.165, 1.54) is 0 Å². The van der Waals surface area contributed by atoms with Gasteiger partial charge in [-0.05, 0) is 30.5 Å². The van der Waals surface area contributed by atoms with Crippen molar-refractivity contribution in [2.24, 2.45) is 5.73 Å². The molecule has 0 aliphatic rings. The highest BCUT2D eigenvalue weighted by atomic mass is 16.5. The summed E-state index contributed by atoms with van der Waals surface area (Å²) in [6.45, 7) is 3.55. The molecule has 0 aromatic heterocycles. The summed E-state index contributed by atoms with van der Waals surface area (Å²) in [7, 11) is 3.27. The van der Waals surface area contributed by atoms with Gasteiger partial charge >= 0.3 is 0 Å². The Balaban J connectivity index is 2.63. The molecule has 1 unspecified atom stereocenters. The van der Waals surface area contributed by atoms with Gasteiger partial charge in [0, 0.05) is 25.3 Å². The predicted octanol–water partition coefficient (Wildman–Crippen LogP) is 2.52. The molecule has 0 amide bonds. The van der Waals surface area contributed by atoms with Crippen LogP contribution in [0.3, 0.4) is 0 Å². The third kappa shape index (κ3) is 4.55. The number of nitrogens with two attached hydrogens (primary N) is 1. The van der Waals surface area contributed by atoms with Gasteiger partial charge in [-0.2, -0.15) is 0 Å². The number of benzene rings is 1. The fourth-order valence-corrected chi connectivity index (χ4v) is 1.67. The van der Waals surface area contributed by atoms with Crippen molar-refractivity contribution in [2.75, 3.05) is 27.4 Å². The van der Waals surface area contributed by atoms with Crippen LogP contribution in [0.5, 0.6) is 11.5 Å². The van der Waals surface area contributed by atoms with E-state index in [0.29, 0.717) is 6.61 Å². The molecule has 0 radical (unpaired) electrons. The summed E-state index contributed by atoms with van der Waals surface area (Å²) in [5, 5.41) is 0. The second kappa shape index (κ2) is 7.95. The van der Waals surface area contributed by atoms with Crippen LogP contribution in [0.1, 0.15) is 31.4 Å². The Bertz CT molecular complexity index is 333.